The van der Waals surface area contributed by atoms with Crippen molar-refractivity contribution in [2.24, 2.45) is 0 Å². The molecule has 2 saturated heterocycles. The fourth-order valence-corrected chi connectivity index (χ4v) is 4.95. The maximum absolute atomic E-state index is 14.0. The first-order valence-electron chi connectivity index (χ1n) is 9.83. The Morgan fingerprint density at radius 1 is 1.10 bits per heavy atom. The summed E-state index contributed by atoms with van der Waals surface area (Å²) >= 11 is 7.54. The number of halogens is 2. The van der Waals surface area contributed by atoms with E-state index in [0.29, 0.717) is 61.2 Å². The number of hydrogen-bond donors (Lipinski definition) is 0. The first-order chi connectivity index (χ1) is 14.0. The van der Waals surface area contributed by atoms with Crippen molar-refractivity contribution in [3.8, 4) is 0 Å². The lowest BCUT2D eigenvalue weighted by atomic mass is 10.1. The maximum Gasteiger partial charge on any atom is 0.264 e. The molecule has 2 aliphatic rings. The number of rotatable bonds is 4. The van der Waals surface area contributed by atoms with Crippen molar-refractivity contribution in [3.63, 3.8) is 0 Å². The Kier molecular flexibility index (Phi) is 6.18. The van der Waals surface area contributed by atoms with Gasteiger partial charge in [0, 0.05) is 49.9 Å². The van der Waals surface area contributed by atoms with Crippen LogP contribution in [0, 0.1) is 5.82 Å². The molecule has 1 aromatic carbocycles. The number of carbonyl (C=O) groups excluding carboxylic acids is 2. The van der Waals surface area contributed by atoms with E-state index in [1.807, 2.05) is 16.3 Å². The zero-order valence-corrected chi connectivity index (χ0v) is 17.6. The third-order valence-corrected chi connectivity index (χ3v) is 6.87. The molecule has 2 aromatic rings. The number of benzene rings is 1. The number of hydrogen-bond acceptors (Lipinski definition) is 4. The monoisotopic (exact) mass is 435 g/mol. The molecule has 0 spiro atoms. The van der Waals surface area contributed by atoms with Crippen LogP contribution in [0.15, 0.2) is 35.7 Å². The van der Waals surface area contributed by atoms with Gasteiger partial charge in [0.05, 0.1) is 4.88 Å². The number of nitrogens with zero attached hydrogens (tertiary/aromatic N) is 3. The van der Waals surface area contributed by atoms with Crippen molar-refractivity contribution >= 4 is 34.8 Å². The first kappa shape index (κ1) is 20.3. The average molecular weight is 436 g/mol. The van der Waals surface area contributed by atoms with Crippen molar-refractivity contribution < 1.29 is 14.0 Å². The molecule has 154 valence electrons. The number of carbonyl (C=O) groups is 2. The van der Waals surface area contributed by atoms with Crippen LogP contribution in [0.5, 0.6) is 0 Å². The molecule has 1 unspecified atom stereocenters. The molecule has 0 N–H and O–H groups in total. The molecule has 4 rings (SSSR count). The Morgan fingerprint density at radius 3 is 2.59 bits per heavy atom. The third-order valence-electron chi connectivity index (χ3n) is 5.66. The third kappa shape index (κ3) is 4.32. The summed E-state index contributed by atoms with van der Waals surface area (Å²) in [7, 11) is 0. The number of amides is 2. The Labute approximate surface area is 178 Å². The number of thiophene rings is 1. The topological polar surface area (TPSA) is 43.9 Å². The van der Waals surface area contributed by atoms with E-state index in [4.69, 9.17) is 11.6 Å². The molecule has 1 atom stereocenters. The molecule has 3 heterocycles. The van der Waals surface area contributed by atoms with E-state index < -0.39 is 0 Å². The summed E-state index contributed by atoms with van der Waals surface area (Å²) in [5, 5.41) is 2.30. The summed E-state index contributed by atoms with van der Waals surface area (Å²) in [4.78, 5) is 32.2. The fraction of sp³-hybridized carbons (Fsp3) is 0.429. The quantitative estimate of drug-likeness (QED) is 0.738. The van der Waals surface area contributed by atoms with E-state index >= 15 is 0 Å². The standard InChI is InChI=1S/C21H23ClFN3O2S/c22-16-4-1-5-17(23)15(16)14-24-9-11-25(12-10-24)20(27)18-6-2-8-26(18)21(28)19-7-3-13-29-19/h1,3-5,7,13,18H,2,6,8-12,14H2. The highest BCUT2D eigenvalue weighted by atomic mass is 35.5. The minimum Gasteiger partial charge on any atom is -0.338 e. The lowest BCUT2D eigenvalue weighted by Gasteiger charge is -2.37. The Balaban J connectivity index is 1.36. The molecule has 0 aliphatic carbocycles. The molecule has 0 saturated carbocycles. The molecule has 5 nitrogen and oxygen atoms in total. The van der Waals surface area contributed by atoms with Crippen molar-refractivity contribution in [2.45, 2.75) is 25.4 Å². The molecule has 0 radical (unpaired) electrons. The van der Waals surface area contributed by atoms with Crippen LogP contribution in [0.4, 0.5) is 4.39 Å². The first-order valence-corrected chi connectivity index (χ1v) is 11.1. The zero-order chi connectivity index (χ0) is 20.4. The van der Waals surface area contributed by atoms with Crippen LogP contribution in [-0.2, 0) is 11.3 Å². The zero-order valence-electron chi connectivity index (χ0n) is 16.0. The van der Waals surface area contributed by atoms with Gasteiger partial charge in [-0.15, -0.1) is 11.3 Å². The second kappa shape index (κ2) is 8.81. The van der Waals surface area contributed by atoms with E-state index in [1.54, 1.807) is 23.1 Å². The van der Waals surface area contributed by atoms with Gasteiger partial charge < -0.3 is 9.80 Å². The van der Waals surface area contributed by atoms with E-state index in [-0.39, 0.29) is 23.7 Å². The van der Waals surface area contributed by atoms with Crippen LogP contribution in [0.3, 0.4) is 0 Å². The summed E-state index contributed by atoms with van der Waals surface area (Å²) in [6.07, 6.45) is 1.56. The van der Waals surface area contributed by atoms with Crippen LogP contribution >= 0.6 is 22.9 Å². The highest BCUT2D eigenvalue weighted by Crippen LogP contribution is 2.25. The fourth-order valence-electron chi connectivity index (χ4n) is 4.05. The van der Waals surface area contributed by atoms with E-state index in [1.165, 1.54) is 17.4 Å². The van der Waals surface area contributed by atoms with Gasteiger partial charge in [-0.05, 0) is 36.4 Å². The second-order valence-corrected chi connectivity index (χ2v) is 8.79. The van der Waals surface area contributed by atoms with Gasteiger partial charge in [0.25, 0.3) is 5.91 Å². The minimum atomic E-state index is -0.378. The van der Waals surface area contributed by atoms with E-state index in [2.05, 4.69) is 4.90 Å². The van der Waals surface area contributed by atoms with Gasteiger partial charge in [-0.25, -0.2) is 4.39 Å². The normalized spacial score (nSPS) is 20.3. The van der Waals surface area contributed by atoms with Gasteiger partial charge in [-0.2, -0.15) is 0 Å². The van der Waals surface area contributed by atoms with Crippen molar-refractivity contribution in [3.05, 3.63) is 57.0 Å². The maximum atomic E-state index is 14.0. The summed E-state index contributed by atoms with van der Waals surface area (Å²) in [6.45, 7) is 3.51. The predicted octanol–water partition coefficient (Wildman–Crippen LogP) is 3.49. The molecule has 2 fully saturated rings. The lowest BCUT2D eigenvalue weighted by molar-refractivity contribution is -0.137. The molecule has 0 bridgehead atoms. The van der Waals surface area contributed by atoms with Gasteiger partial charge in [0.2, 0.25) is 5.91 Å². The Hall–Kier alpha value is -1.96. The predicted molar refractivity (Wildman–Crippen MR) is 112 cm³/mol. The van der Waals surface area contributed by atoms with Crippen LogP contribution in [0.1, 0.15) is 28.1 Å². The SMILES string of the molecule is O=C(C1CCCN1C(=O)c1cccs1)N1CCN(Cc2c(F)cccc2Cl)CC1. The molecular formula is C21H23ClFN3O2S. The molecule has 2 aliphatic heterocycles. The van der Waals surface area contributed by atoms with Gasteiger partial charge in [0.15, 0.2) is 0 Å². The summed E-state index contributed by atoms with van der Waals surface area (Å²) in [6, 6.07) is 7.99. The van der Waals surface area contributed by atoms with Gasteiger partial charge in [-0.1, -0.05) is 23.7 Å². The number of likely N-dealkylation sites (tertiary alicyclic amines) is 1. The van der Waals surface area contributed by atoms with Crippen molar-refractivity contribution in [1.29, 1.82) is 0 Å². The van der Waals surface area contributed by atoms with E-state index in [9.17, 15) is 14.0 Å². The molecule has 1 aromatic heterocycles. The number of piperazine rings is 1. The Bertz CT molecular complexity index is 864. The van der Waals surface area contributed by atoms with Crippen molar-refractivity contribution in [2.75, 3.05) is 32.7 Å². The largest absolute Gasteiger partial charge is 0.338 e. The molecule has 8 heteroatoms. The van der Waals surface area contributed by atoms with Crippen LogP contribution in [-0.4, -0.2) is 65.3 Å². The Morgan fingerprint density at radius 2 is 1.90 bits per heavy atom. The second-order valence-electron chi connectivity index (χ2n) is 7.44. The molecule has 2 amide bonds. The van der Waals surface area contributed by atoms with Gasteiger partial charge >= 0.3 is 0 Å². The highest BCUT2D eigenvalue weighted by molar-refractivity contribution is 7.12. The van der Waals surface area contributed by atoms with Crippen molar-refractivity contribution in [1.82, 2.24) is 14.7 Å². The summed E-state index contributed by atoms with van der Waals surface area (Å²) in [5.74, 6) is -0.329. The van der Waals surface area contributed by atoms with Gasteiger partial charge in [-0.3, -0.25) is 14.5 Å². The van der Waals surface area contributed by atoms with E-state index in [0.717, 1.165) is 6.42 Å². The minimum absolute atomic E-state index is 0.0241. The molecular weight excluding hydrogens is 413 g/mol. The van der Waals surface area contributed by atoms with Crippen LogP contribution < -0.4 is 0 Å². The smallest absolute Gasteiger partial charge is 0.264 e. The lowest BCUT2D eigenvalue weighted by Crippen LogP contribution is -2.54. The summed E-state index contributed by atoms with van der Waals surface area (Å²) < 4.78 is 14.0. The molecule has 29 heavy (non-hydrogen) atoms. The van der Waals surface area contributed by atoms with Crippen LogP contribution in [0.25, 0.3) is 0 Å². The average Bonchev–Trinajstić information content (AvgIpc) is 3.42. The summed E-state index contributed by atoms with van der Waals surface area (Å²) in [5.41, 5.74) is 0.498. The highest BCUT2D eigenvalue weighted by Gasteiger charge is 2.38. The van der Waals surface area contributed by atoms with Gasteiger partial charge in [0.1, 0.15) is 11.9 Å². The van der Waals surface area contributed by atoms with Crippen LogP contribution in [0.2, 0.25) is 5.02 Å².